The lowest BCUT2D eigenvalue weighted by Crippen LogP contribution is -2.19. The number of hydrogen-bond acceptors (Lipinski definition) is 4. The van der Waals surface area contributed by atoms with E-state index in [-0.39, 0.29) is 0 Å². The van der Waals surface area contributed by atoms with Gasteiger partial charge in [-0.25, -0.2) is 0 Å². The van der Waals surface area contributed by atoms with Gasteiger partial charge in [-0.1, -0.05) is 25.7 Å². The first kappa shape index (κ1) is 15.1. The molecular weight excluding hydrogens is 340 g/mol. The summed E-state index contributed by atoms with van der Waals surface area (Å²) in [6.07, 6.45) is 9.04. The highest BCUT2D eigenvalue weighted by atomic mass is 79.9. The van der Waals surface area contributed by atoms with Crippen molar-refractivity contribution in [1.29, 1.82) is 5.26 Å². The van der Waals surface area contributed by atoms with Gasteiger partial charge in [-0.05, 0) is 40.9 Å². The number of nitrogens with zero attached hydrogens (tertiary/aromatic N) is 2. The average Bonchev–Trinajstić information content (AvgIpc) is 2.76. The predicted molar refractivity (Wildman–Crippen MR) is 93.7 cm³/mol. The molecule has 114 valence electrons. The molecule has 5 heteroatoms. The molecule has 0 bridgehead atoms. The Bertz CT molecular complexity index is 727. The van der Waals surface area contributed by atoms with Crippen molar-refractivity contribution in [3.8, 4) is 6.07 Å². The second kappa shape index (κ2) is 6.53. The third kappa shape index (κ3) is 3.02. The zero-order chi connectivity index (χ0) is 15.5. The molecule has 2 aromatic rings. The fraction of sp³-hybridized carbons (Fsp3) is 0.412. The molecule has 1 saturated carbocycles. The highest BCUT2D eigenvalue weighted by Crippen LogP contribution is 2.34. The summed E-state index contributed by atoms with van der Waals surface area (Å²) in [5.74, 6) is 0. The van der Waals surface area contributed by atoms with Crippen molar-refractivity contribution in [2.45, 2.75) is 44.6 Å². The van der Waals surface area contributed by atoms with E-state index < -0.39 is 0 Å². The van der Waals surface area contributed by atoms with Gasteiger partial charge < -0.3 is 11.1 Å². The summed E-state index contributed by atoms with van der Waals surface area (Å²) in [4.78, 5) is 4.40. The zero-order valence-electron chi connectivity index (χ0n) is 12.4. The Hall–Kier alpha value is -1.80. The SMILES string of the molecule is N#Cc1cnc2c(Br)cc(N)cc2c1NC1CCCCCC1. The second-order valence-corrected chi connectivity index (χ2v) is 6.74. The molecule has 0 unspecified atom stereocenters. The third-order valence-electron chi connectivity index (χ3n) is 4.27. The third-order valence-corrected chi connectivity index (χ3v) is 4.88. The molecule has 1 heterocycles. The number of pyridine rings is 1. The number of hydrogen-bond donors (Lipinski definition) is 2. The van der Waals surface area contributed by atoms with Crippen LogP contribution in [0.1, 0.15) is 44.1 Å². The second-order valence-electron chi connectivity index (χ2n) is 5.89. The van der Waals surface area contributed by atoms with Crippen molar-refractivity contribution in [1.82, 2.24) is 4.98 Å². The lowest BCUT2D eigenvalue weighted by molar-refractivity contribution is 0.620. The standard InChI is InChI=1S/C17H19BrN4/c18-15-8-12(20)7-14-16(11(9-19)10-21-17(14)15)22-13-5-3-1-2-4-6-13/h7-8,10,13H,1-6,20H2,(H,21,22). The van der Waals surface area contributed by atoms with Gasteiger partial charge in [0.1, 0.15) is 6.07 Å². The predicted octanol–water partition coefficient (Wildman–Crippen LogP) is 4.59. The molecule has 1 aromatic heterocycles. The summed E-state index contributed by atoms with van der Waals surface area (Å²) in [6, 6.07) is 6.41. The maximum atomic E-state index is 9.43. The number of benzene rings is 1. The topological polar surface area (TPSA) is 74.7 Å². The van der Waals surface area contributed by atoms with Gasteiger partial charge >= 0.3 is 0 Å². The van der Waals surface area contributed by atoms with E-state index in [2.05, 4.69) is 32.3 Å². The van der Waals surface area contributed by atoms with Crippen LogP contribution in [0.15, 0.2) is 22.8 Å². The Morgan fingerprint density at radius 1 is 1.23 bits per heavy atom. The van der Waals surface area contributed by atoms with E-state index in [9.17, 15) is 5.26 Å². The maximum absolute atomic E-state index is 9.43. The molecular formula is C17H19BrN4. The molecule has 3 N–H and O–H groups in total. The lowest BCUT2D eigenvalue weighted by atomic mass is 10.0. The van der Waals surface area contributed by atoms with Crippen molar-refractivity contribution in [2.24, 2.45) is 0 Å². The number of anilines is 2. The number of rotatable bonds is 2. The van der Waals surface area contributed by atoms with Gasteiger partial charge in [-0.15, -0.1) is 0 Å². The average molecular weight is 359 g/mol. The Morgan fingerprint density at radius 2 is 1.95 bits per heavy atom. The summed E-state index contributed by atoms with van der Waals surface area (Å²) in [5, 5.41) is 13.9. The van der Waals surface area contributed by atoms with Crippen LogP contribution in [0.25, 0.3) is 10.9 Å². The van der Waals surface area contributed by atoms with Gasteiger partial charge in [0.2, 0.25) is 0 Å². The van der Waals surface area contributed by atoms with Gasteiger partial charge in [0, 0.05) is 27.8 Å². The number of aromatic nitrogens is 1. The Labute approximate surface area is 138 Å². The normalized spacial score (nSPS) is 16.2. The van der Waals surface area contributed by atoms with Crippen molar-refractivity contribution in [3.05, 3.63) is 28.4 Å². The van der Waals surface area contributed by atoms with Crippen molar-refractivity contribution in [2.75, 3.05) is 11.1 Å². The van der Waals surface area contributed by atoms with Crippen molar-refractivity contribution in [3.63, 3.8) is 0 Å². The Morgan fingerprint density at radius 3 is 2.64 bits per heavy atom. The molecule has 3 rings (SSSR count). The van der Waals surface area contributed by atoms with Gasteiger partial charge in [-0.2, -0.15) is 5.26 Å². The van der Waals surface area contributed by atoms with E-state index >= 15 is 0 Å². The largest absolute Gasteiger partial charge is 0.399 e. The molecule has 0 saturated heterocycles. The van der Waals surface area contributed by atoms with Crippen molar-refractivity contribution >= 4 is 38.2 Å². The Kier molecular flexibility index (Phi) is 4.49. The maximum Gasteiger partial charge on any atom is 0.103 e. The molecule has 1 aliphatic carbocycles. The van der Waals surface area contributed by atoms with E-state index in [1.165, 1.54) is 25.7 Å². The molecule has 0 spiro atoms. The number of nitrogens with two attached hydrogens (primary N) is 1. The minimum absolute atomic E-state index is 0.417. The molecule has 0 atom stereocenters. The molecule has 22 heavy (non-hydrogen) atoms. The molecule has 0 radical (unpaired) electrons. The van der Waals surface area contributed by atoms with Gasteiger partial charge in [0.15, 0.2) is 0 Å². The van der Waals surface area contributed by atoms with Gasteiger partial charge in [-0.3, -0.25) is 4.98 Å². The van der Waals surface area contributed by atoms with E-state index in [0.29, 0.717) is 17.3 Å². The molecule has 1 aliphatic rings. The van der Waals surface area contributed by atoms with Gasteiger partial charge in [0.05, 0.1) is 16.8 Å². The summed E-state index contributed by atoms with van der Waals surface area (Å²) < 4.78 is 0.857. The zero-order valence-corrected chi connectivity index (χ0v) is 14.0. The van der Waals surface area contributed by atoms with Crippen LogP contribution in [0, 0.1) is 11.3 Å². The summed E-state index contributed by atoms with van der Waals surface area (Å²) in [7, 11) is 0. The van der Waals surface area contributed by atoms with Crippen LogP contribution in [-0.2, 0) is 0 Å². The quantitative estimate of drug-likeness (QED) is 0.608. The fourth-order valence-electron chi connectivity index (χ4n) is 3.15. The van der Waals surface area contributed by atoms with Crippen LogP contribution in [0.3, 0.4) is 0 Å². The number of nitriles is 1. The number of fused-ring (bicyclic) bond motifs is 1. The lowest BCUT2D eigenvalue weighted by Gasteiger charge is -2.20. The van der Waals surface area contributed by atoms with E-state index in [4.69, 9.17) is 5.73 Å². The number of nitrogens with one attached hydrogen (secondary N) is 1. The Balaban J connectivity index is 2.07. The minimum Gasteiger partial charge on any atom is -0.399 e. The monoisotopic (exact) mass is 358 g/mol. The van der Waals surface area contributed by atoms with Crippen LogP contribution in [-0.4, -0.2) is 11.0 Å². The fourth-order valence-corrected chi connectivity index (χ4v) is 3.73. The van der Waals surface area contributed by atoms with Crippen LogP contribution in [0.5, 0.6) is 0 Å². The highest BCUT2D eigenvalue weighted by molar-refractivity contribution is 9.10. The van der Waals surface area contributed by atoms with Crippen LogP contribution in [0.4, 0.5) is 11.4 Å². The molecule has 1 aromatic carbocycles. The van der Waals surface area contributed by atoms with E-state index in [1.54, 1.807) is 6.20 Å². The van der Waals surface area contributed by atoms with Crippen molar-refractivity contribution < 1.29 is 0 Å². The summed E-state index contributed by atoms with van der Waals surface area (Å²) in [5.41, 5.74) is 8.92. The first-order chi connectivity index (χ1) is 10.7. The summed E-state index contributed by atoms with van der Waals surface area (Å²) in [6.45, 7) is 0. The first-order valence-corrected chi connectivity index (χ1v) is 8.52. The van der Waals surface area contributed by atoms with Gasteiger partial charge in [0.25, 0.3) is 0 Å². The van der Waals surface area contributed by atoms with E-state index in [0.717, 1.165) is 33.9 Å². The van der Waals surface area contributed by atoms with Crippen LogP contribution in [0.2, 0.25) is 0 Å². The van der Waals surface area contributed by atoms with Crippen LogP contribution < -0.4 is 11.1 Å². The number of halogens is 1. The summed E-state index contributed by atoms with van der Waals surface area (Å²) >= 11 is 3.51. The smallest absolute Gasteiger partial charge is 0.103 e. The molecule has 0 aliphatic heterocycles. The minimum atomic E-state index is 0.417. The van der Waals surface area contributed by atoms with Crippen LogP contribution >= 0.6 is 15.9 Å². The molecule has 1 fully saturated rings. The molecule has 0 amide bonds. The number of nitrogen functional groups attached to an aromatic ring is 1. The first-order valence-electron chi connectivity index (χ1n) is 7.73. The highest BCUT2D eigenvalue weighted by Gasteiger charge is 2.17. The molecule has 4 nitrogen and oxygen atoms in total. The van der Waals surface area contributed by atoms with E-state index in [1.807, 2.05) is 12.1 Å².